The second-order valence-corrected chi connectivity index (χ2v) is 6.06. The second kappa shape index (κ2) is 9.12. The number of halogens is 1. The van der Waals surface area contributed by atoms with Gasteiger partial charge in [-0.25, -0.2) is 4.39 Å². The molecule has 0 fully saturated rings. The molecule has 1 N–H and O–H groups in total. The van der Waals surface area contributed by atoms with Crippen molar-refractivity contribution in [3.8, 4) is 0 Å². The SMILES string of the molecule is CCCCC(NC(C)CC(C)CC)c1ccc(F)cc1. The Morgan fingerprint density at radius 2 is 1.75 bits per heavy atom. The highest BCUT2D eigenvalue weighted by atomic mass is 19.1. The summed E-state index contributed by atoms with van der Waals surface area (Å²) in [6.45, 7) is 9.02. The zero-order valence-corrected chi connectivity index (χ0v) is 13.5. The first-order chi connectivity index (χ1) is 9.56. The summed E-state index contributed by atoms with van der Waals surface area (Å²) in [5.41, 5.74) is 1.20. The normalized spacial score (nSPS) is 15.8. The zero-order chi connectivity index (χ0) is 15.0. The fourth-order valence-corrected chi connectivity index (χ4v) is 2.63. The summed E-state index contributed by atoms with van der Waals surface area (Å²) < 4.78 is 13.1. The van der Waals surface area contributed by atoms with Gasteiger partial charge in [-0.15, -0.1) is 0 Å². The first-order valence-corrected chi connectivity index (χ1v) is 8.08. The highest BCUT2D eigenvalue weighted by Crippen LogP contribution is 2.22. The van der Waals surface area contributed by atoms with Crippen LogP contribution in [0.25, 0.3) is 0 Å². The fourth-order valence-electron chi connectivity index (χ4n) is 2.63. The third kappa shape index (κ3) is 6.04. The van der Waals surface area contributed by atoms with Crippen LogP contribution in [-0.4, -0.2) is 6.04 Å². The number of hydrogen-bond acceptors (Lipinski definition) is 1. The topological polar surface area (TPSA) is 12.0 Å². The van der Waals surface area contributed by atoms with Crippen molar-refractivity contribution in [2.75, 3.05) is 0 Å². The predicted molar refractivity (Wildman–Crippen MR) is 85.3 cm³/mol. The molecular formula is C18H30FN. The lowest BCUT2D eigenvalue weighted by Gasteiger charge is -2.25. The molecule has 0 bridgehead atoms. The smallest absolute Gasteiger partial charge is 0.123 e. The van der Waals surface area contributed by atoms with Gasteiger partial charge in [0.25, 0.3) is 0 Å². The molecular weight excluding hydrogens is 249 g/mol. The van der Waals surface area contributed by atoms with Crippen LogP contribution in [-0.2, 0) is 0 Å². The molecule has 0 radical (unpaired) electrons. The average Bonchev–Trinajstić information content (AvgIpc) is 2.44. The number of hydrogen-bond donors (Lipinski definition) is 1. The third-order valence-electron chi connectivity index (χ3n) is 4.06. The van der Waals surface area contributed by atoms with Crippen LogP contribution in [0, 0.1) is 11.7 Å². The summed E-state index contributed by atoms with van der Waals surface area (Å²) in [5, 5.41) is 3.73. The molecule has 0 aliphatic rings. The van der Waals surface area contributed by atoms with E-state index in [4.69, 9.17) is 0 Å². The van der Waals surface area contributed by atoms with Crippen molar-refractivity contribution in [1.82, 2.24) is 5.32 Å². The van der Waals surface area contributed by atoms with E-state index >= 15 is 0 Å². The van der Waals surface area contributed by atoms with Crippen molar-refractivity contribution in [2.24, 2.45) is 5.92 Å². The summed E-state index contributed by atoms with van der Waals surface area (Å²) >= 11 is 0. The van der Waals surface area contributed by atoms with Crippen molar-refractivity contribution in [3.05, 3.63) is 35.6 Å². The molecule has 1 nitrogen and oxygen atoms in total. The van der Waals surface area contributed by atoms with Crippen LogP contribution >= 0.6 is 0 Å². The van der Waals surface area contributed by atoms with E-state index in [2.05, 4.69) is 33.0 Å². The molecule has 0 aliphatic carbocycles. The molecule has 2 heteroatoms. The Bertz CT molecular complexity index is 360. The summed E-state index contributed by atoms with van der Waals surface area (Å²) in [6, 6.07) is 7.80. The lowest BCUT2D eigenvalue weighted by atomic mass is 9.96. The lowest BCUT2D eigenvalue weighted by molar-refractivity contribution is 0.361. The van der Waals surface area contributed by atoms with Gasteiger partial charge in [-0.05, 0) is 43.4 Å². The van der Waals surface area contributed by atoms with Gasteiger partial charge < -0.3 is 5.32 Å². The lowest BCUT2D eigenvalue weighted by Crippen LogP contribution is -2.32. The van der Waals surface area contributed by atoms with Gasteiger partial charge in [0.1, 0.15) is 5.82 Å². The van der Waals surface area contributed by atoms with Gasteiger partial charge in [0.15, 0.2) is 0 Å². The maximum atomic E-state index is 13.1. The molecule has 1 aromatic carbocycles. The van der Waals surface area contributed by atoms with Crippen LogP contribution < -0.4 is 5.32 Å². The van der Waals surface area contributed by atoms with Crippen LogP contribution in [0.5, 0.6) is 0 Å². The van der Waals surface area contributed by atoms with Crippen molar-refractivity contribution < 1.29 is 4.39 Å². The average molecular weight is 279 g/mol. The Kier molecular flexibility index (Phi) is 7.83. The molecule has 0 saturated heterocycles. The van der Waals surface area contributed by atoms with E-state index in [1.54, 1.807) is 12.1 Å². The Morgan fingerprint density at radius 3 is 2.30 bits per heavy atom. The summed E-state index contributed by atoms with van der Waals surface area (Å²) in [5.74, 6) is 0.591. The first-order valence-electron chi connectivity index (χ1n) is 8.08. The Labute approximate surface area is 124 Å². The van der Waals surface area contributed by atoms with E-state index in [1.165, 1.54) is 31.2 Å². The zero-order valence-electron chi connectivity index (χ0n) is 13.5. The highest BCUT2D eigenvalue weighted by molar-refractivity contribution is 5.20. The van der Waals surface area contributed by atoms with Gasteiger partial charge in [0.2, 0.25) is 0 Å². The Hall–Kier alpha value is -0.890. The number of rotatable bonds is 9. The van der Waals surface area contributed by atoms with E-state index in [1.807, 2.05) is 12.1 Å². The fraction of sp³-hybridized carbons (Fsp3) is 0.667. The molecule has 0 aliphatic heterocycles. The van der Waals surface area contributed by atoms with Gasteiger partial charge >= 0.3 is 0 Å². The van der Waals surface area contributed by atoms with Crippen LogP contribution in [0.15, 0.2) is 24.3 Å². The monoisotopic (exact) mass is 279 g/mol. The van der Waals surface area contributed by atoms with Crippen molar-refractivity contribution in [1.29, 1.82) is 0 Å². The van der Waals surface area contributed by atoms with E-state index in [9.17, 15) is 4.39 Å². The maximum absolute atomic E-state index is 13.1. The Morgan fingerprint density at radius 1 is 1.10 bits per heavy atom. The van der Waals surface area contributed by atoms with Gasteiger partial charge in [-0.3, -0.25) is 0 Å². The van der Waals surface area contributed by atoms with E-state index in [0.717, 1.165) is 12.3 Å². The molecule has 1 rings (SSSR count). The minimum absolute atomic E-state index is 0.157. The first kappa shape index (κ1) is 17.2. The van der Waals surface area contributed by atoms with Crippen molar-refractivity contribution >= 4 is 0 Å². The highest BCUT2D eigenvalue weighted by Gasteiger charge is 2.15. The van der Waals surface area contributed by atoms with E-state index in [-0.39, 0.29) is 5.82 Å². The largest absolute Gasteiger partial charge is 0.307 e. The molecule has 3 unspecified atom stereocenters. The minimum Gasteiger partial charge on any atom is -0.307 e. The molecule has 20 heavy (non-hydrogen) atoms. The van der Waals surface area contributed by atoms with Crippen LogP contribution in [0.2, 0.25) is 0 Å². The molecule has 3 atom stereocenters. The molecule has 1 aromatic rings. The molecule has 0 amide bonds. The van der Waals surface area contributed by atoms with Gasteiger partial charge in [0.05, 0.1) is 0 Å². The standard InChI is InChI=1S/C18H30FN/c1-5-7-8-18(16-9-11-17(19)12-10-16)20-15(4)13-14(3)6-2/h9-12,14-15,18,20H,5-8,13H2,1-4H3. The number of benzene rings is 1. The molecule has 0 saturated carbocycles. The van der Waals surface area contributed by atoms with Gasteiger partial charge in [-0.2, -0.15) is 0 Å². The molecule has 0 spiro atoms. The summed E-state index contributed by atoms with van der Waals surface area (Å²) in [4.78, 5) is 0. The van der Waals surface area contributed by atoms with E-state index in [0.29, 0.717) is 12.1 Å². The third-order valence-corrected chi connectivity index (χ3v) is 4.06. The number of unbranched alkanes of at least 4 members (excludes halogenated alkanes) is 1. The van der Waals surface area contributed by atoms with Crippen LogP contribution in [0.4, 0.5) is 4.39 Å². The van der Waals surface area contributed by atoms with Crippen LogP contribution in [0.1, 0.15) is 71.4 Å². The summed E-state index contributed by atoms with van der Waals surface area (Å²) in [6.07, 6.45) is 5.93. The van der Waals surface area contributed by atoms with Gasteiger partial charge in [-0.1, -0.05) is 52.2 Å². The quantitative estimate of drug-likeness (QED) is 0.632. The van der Waals surface area contributed by atoms with Gasteiger partial charge in [0, 0.05) is 12.1 Å². The van der Waals surface area contributed by atoms with Crippen LogP contribution in [0.3, 0.4) is 0 Å². The maximum Gasteiger partial charge on any atom is 0.123 e. The van der Waals surface area contributed by atoms with E-state index < -0.39 is 0 Å². The number of nitrogens with one attached hydrogen (secondary N) is 1. The summed E-state index contributed by atoms with van der Waals surface area (Å²) in [7, 11) is 0. The minimum atomic E-state index is -0.157. The van der Waals surface area contributed by atoms with Crippen molar-refractivity contribution in [2.45, 2.75) is 71.9 Å². The van der Waals surface area contributed by atoms with Crippen molar-refractivity contribution in [3.63, 3.8) is 0 Å². The Balaban J connectivity index is 2.66. The molecule has 0 heterocycles. The molecule has 0 aromatic heterocycles. The second-order valence-electron chi connectivity index (χ2n) is 6.06. The molecule has 114 valence electrons. The predicted octanol–water partition coefficient (Wildman–Crippen LogP) is 5.47.